The van der Waals surface area contributed by atoms with E-state index in [-0.39, 0.29) is 11.9 Å². The Balaban J connectivity index is 1.45. The molecule has 1 aromatic carbocycles. The molecule has 1 fully saturated rings. The summed E-state index contributed by atoms with van der Waals surface area (Å²) in [6.07, 6.45) is 4.74. The Morgan fingerprint density at radius 3 is 2.92 bits per heavy atom. The lowest BCUT2D eigenvalue weighted by molar-refractivity contribution is -0.134. The SMILES string of the molecule is Cn1ccnc1C1CNCCN1CC(=O)N1CCc2ccccc2C1. The number of aromatic nitrogens is 2. The Morgan fingerprint density at radius 2 is 2.12 bits per heavy atom. The Hall–Kier alpha value is -2.18. The van der Waals surface area contributed by atoms with Crippen LogP contribution in [0.25, 0.3) is 0 Å². The molecule has 2 aliphatic heterocycles. The average Bonchev–Trinajstić information content (AvgIpc) is 3.07. The molecule has 0 radical (unpaired) electrons. The van der Waals surface area contributed by atoms with E-state index < -0.39 is 0 Å². The van der Waals surface area contributed by atoms with Gasteiger partial charge in [0.15, 0.2) is 0 Å². The summed E-state index contributed by atoms with van der Waals surface area (Å²) in [5, 5.41) is 3.43. The fourth-order valence-electron chi connectivity index (χ4n) is 3.87. The largest absolute Gasteiger partial charge is 0.337 e. The second-order valence-electron chi connectivity index (χ2n) is 6.92. The van der Waals surface area contributed by atoms with Gasteiger partial charge in [-0.25, -0.2) is 4.98 Å². The topological polar surface area (TPSA) is 53.4 Å². The molecule has 2 aromatic rings. The average molecular weight is 339 g/mol. The van der Waals surface area contributed by atoms with Crippen molar-refractivity contribution >= 4 is 5.91 Å². The van der Waals surface area contributed by atoms with Gasteiger partial charge >= 0.3 is 0 Å². The van der Waals surface area contributed by atoms with Crippen LogP contribution in [0.15, 0.2) is 36.7 Å². The van der Waals surface area contributed by atoms with Crippen molar-refractivity contribution < 1.29 is 4.79 Å². The van der Waals surface area contributed by atoms with Gasteiger partial charge in [0, 0.05) is 52.2 Å². The molecule has 0 aliphatic carbocycles. The number of benzene rings is 1. The minimum atomic E-state index is 0.148. The smallest absolute Gasteiger partial charge is 0.237 e. The Kier molecular flexibility index (Phi) is 4.55. The van der Waals surface area contributed by atoms with Crippen molar-refractivity contribution in [1.82, 2.24) is 24.7 Å². The molecule has 1 amide bonds. The summed E-state index contributed by atoms with van der Waals surface area (Å²) in [4.78, 5) is 21.7. The lowest BCUT2D eigenvalue weighted by Gasteiger charge is -2.37. The van der Waals surface area contributed by atoms with Crippen LogP contribution < -0.4 is 5.32 Å². The number of imidazole rings is 1. The number of nitrogens with one attached hydrogen (secondary N) is 1. The summed E-state index contributed by atoms with van der Waals surface area (Å²) in [6.45, 7) is 4.62. The summed E-state index contributed by atoms with van der Waals surface area (Å²) < 4.78 is 2.05. The van der Waals surface area contributed by atoms with Gasteiger partial charge in [-0.2, -0.15) is 0 Å². The van der Waals surface area contributed by atoms with Crippen LogP contribution in [0, 0.1) is 0 Å². The number of piperazine rings is 1. The minimum absolute atomic E-state index is 0.148. The standard InChI is InChI=1S/C19H25N5O/c1-22-10-8-21-19(22)17-12-20-7-11-23(17)14-18(25)24-9-6-15-4-2-3-5-16(15)13-24/h2-5,8,10,17,20H,6-7,9,11-14H2,1H3. The van der Waals surface area contributed by atoms with Crippen LogP contribution >= 0.6 is 0 Å². The van der Waals surface area contributed by atoms with E-state index >= 15 is 0 Å². The van der Waals surface area contributed by atoms with Crippen molar-refractivity contribution in [2.75, 3.05) is 32.7 Å². The first kappa shape index (κ1) is 16.3. The maximum absolute atomic E-state index is 12.9. The summed E-state index contributed by atoms with van der Waals surface area (Å²) in [7, 11) is 2.01. The van der Waals surface area contributed by atoms with Crippen LogP contribution in [-0.4, -0.2) is 58.0 Å². The zero-order valence-electron chi connectivity index (χ0n) is 14.7. The maximum atomic E-state index is 12.9. The van der Waals surface area contributed by atoms with Gasteiger partial charge in [-0.3, -0.25) is 9.69 Å². The predicted molar refractivity (Wildman–Crippen MR) is 96.0 cm³/mol. The van der Waals surface area contributed by atoms with Crippen LogP contribution in [0.3, 0.4) is 0 Å². The molecule has 1 aromatic heterocycles. The van der Waals surface area contributed by atoms with Crippen molar-refractivity contribution in [3.05, 3.63) is 53.6 Å². The Bertz CT molecular complexity index is 756. The van der Waals surface area contributed by atoms with E-state index in [4.69, 9.17) is 0 Å². The minimum Gasteiger partial charge on any atom is -0.337 e. The molecule has 132 valence electrons. The highest BCUT2D eigenvalue weighted by atomic mass is 16.2. The molecule has 2 aliphatic rings. The third-order valence-electron chi connectivity index (χ3n) is 5.33. The van der Waals surface area contributed by atoms with Crippen LogP contribution in [-0.2, 0) is 24.8 Å². The molecule has 1 saturated heterocycles. The van der Waals surface area contributed by atoms with Crippen molar-refractivity contribution in [2.45, 2.75) is 19.0 Å². The first-order valence-corrected chi connectivity index (χ1v) is 8.99. The van der Waals surface area contributed by atoms with E-state index in [1.807, 2.05) is 28.9 Å². The third kappa shape index (κ3) is 3.32. The number of amides is 1. The van der Waals surface area contributed by atoms with Crippen LogP contribution in [0.1, 0.15) is 23.0 Å². The summed E-state index contributed by atoms with van der Waals surface area (Å²) >= 11 is 0. The van der Waals surface area contributed by atoms with Gasteiger partial charge in [-0.1, -0.05) is 24.3 Å². The second-order valence-corrected chi connectivity index (χ2v) is 6.92. The Labute approximate surface area is 148 Å². The first-order valence-electron chi connectivity index (χ1n) is 8.99. The highest BCUT2D eigenvalue weighted by Crippen LogP contribution is 2.22. The molecule has 1 unspecified atom stereocenters. The van der Waals surface area contributed by atoms with Crippen LogP contribution in [0.4, 0.5) is 0 Å². The molecule has 1 atom stereocenters. The van der Waals surface area contributed by atoms with Crippen LogP contribution in [0.2, 0.25) is 0 Å². The van der Waals surface area contributed by atoms with Gasteiger partial charge in [0.1, 0.15) is 5.82 Å². The van der Waals surface area contributed by atoms with Gasteiger partial charge in [0.25, 0.3) is 0 Å². The van der Waals surface area contributed by atoms with Crippen LogP contribution in [0.5, 0.6) is 0 Å². The molecule has 1 N–H and O–H groups in total. The lowest BCUT2D eigenvalue weighted by atomic mass is 10.00. The number of rotatable bonds is 3. The summed E-state index contributed by atoms with van der Waals surface area (Å²) in [5.41, 5.74) is 2.66. The summed E-state index contributed by atoms with van der Waals surface area (Å²) in [5.74, 6) is 1.24. The number of carbonyl (C=O) groups excluding carboxylic acids is 1. The number of aryl methyl sites for hydroxylation is 1. The van der Waals surface area contributed by atoms with Gasteiger partial charge in [0.05, 0.1) is 12.6 Å². The van der Waals surface area contributed by atoms with Crippen molar-refractivity contribution in [3.8, 4) is 0 Å². The van der Waals surface area contributed by atoms with Gasteiger partial charge < -0.3 is 14.8 Å². The fourth-order valence-corrected chi connectivity index (χ4v) is 3.87. The van der Waals surface area contributed by atoms with E-state index in [0.29, 0.717) is 6.54 Å². The van der Waals surface area contributed by atoms with E-state index in [1.54, 1.807) is 0 Å². The molecule has 0 saturated carbocycles. The number of carbonyl (C=O) groups is 1. The first-order chi connectivity index (χ1) is 12.2. The fraction of sp³-hybridized carbons (Fsp3) is 0.474. The van der Waals surface area contributed by atoms with E-state index in [1.165, 1.54) is 11.1 Å². The molecule has 25 heavy (non-hydrogen) atoms. The molecular weight excluding hydrogens is 314 g/mol. The number of hydrogen-bond acceptors (Lipinski definition) is 4. The second kappa shape index (κ2) is 6.98. The molecule has 3 heterocycles. The molecule has 6 heteroatoms. The quantitative estimate of drug-likeness (QED) is 0.905. The van der Waals surface area contributed by atoms with Gasteiger partial charge in [0.2, 0.25) is 5.91 Å². The lowest BCUT2D eigenvalue weighted by Crippen LogP contribution is -2.51. The maximum Gasteiger partial charge on any atom is 0.237 e. The van der Waals surface area contributed by atoms with Gasteiger partial charge in [-0.15, -0.1) is 0 Å². The van der Waals surface area contributed by atoms with E-state index in [9.17, 15) is 4.79 Å². The molecule has 0 bridgehead atoms. The monoisotopic (exact) mass is 339 g/mol. The number of nitrogens with zero attached hydrogens (tertiary/aromatic N) is 4. The highest BCUT2D eigenvalue weighted by molar-refractivity contribution is 5.78. The van der Waals surface area contributed by atoms with Crippen molar-refractivity contribution in [3.63, 3.8) is 0 Å². The zero-order valence-corrected chi connectivity index (χ0v) is 14.7. The third-order valence-corrected chi connectivity index (χ3v) is 5.33. The van der Waals surface area contributed by atoms with Gasteiger partial charge in [-0.05, 0) is 17.5 Å². The number of hydrogen-bond donors (Lipinski definition) is 1. The normalized spacial score (nSPS) is 21.2. The van der Waals surface area contributed by atoms with Crippen molar-refractivity contribution in [2.24, 2.45) is 7.05 Å². The molecule has 0 spiro atoms. The molecule has 4 rings (SSSR count). The molecular formula is C19H25N5O. The van der Waals surface area contributed by atoms with E-state index in [0.717, 1.165) is 45.0 Å². The Morgan fingerprint density at radius 1 is 1.28 bits per heavy atom. The summed E-state index contributed by atoms with van der Waals surface area (Å²) in [6, 6.07) is 8.59. The predicted octanol–water partition coefficient (Wildman–Crippen LogP) is 0.951. The zero-order chi connectivity index (χ0) is 17.2. The highest BCUT2D eigenvalue weighted by Gasteiger charge is 2.30. The molecule has 6 nitrogen and oxygen atoms in total. The number of fused-ring (bicyclic) bond motifs is 1. The van der Waals surface area contributed by atoms with Crippen molar-refractivity contribution in [1.29, 1.82) is 0 Å². The van der Waals surface area contributed by atoms with E-state index in [2.05, 4.69) is 39.5 Å².